The molecule has 4 aromatic rings. The molecule has 5 rings (SSSR count). The minimum absolute atomic E-state index is 0.208. The van der Waals surface area contributed by atoms with Gasteiger partial charge in [0.2, 0.25) is 0 Å². The Labute approximate surface area is 229 Å². The molecule has 1 aliphatic rings. The summed E-state index contributed by atoms with van der Waals surface area (Å²) in [6.45, 7) is 3.96. The second-order valence-electron chi connectivity index (χ2n) is 9.55. The number of nitrogens with zero attached hydrogens (tertiary/aromatic N) is 3. The Bertz CT molecular complexity index is 1460. The third-order valence-corrected chi connectivity index (χ3v) is 7.51. The number of hydrogen-bond acceptors (Lipinski definition) is 4. The number of ether oxygens (including phenoxy) is 1. The predicted octanol–water partition coefficient (Wildman–Crippen LogP) is 6.76. The van der Waals surface area contributed by atoms with E-state index in [1.54, 1.807) is 28.9 Å². The molecule has 0 spiro atoms. The normalized spacial score (nSPS) is 14.5. The van der Waals surface area contributed by atoms with Crippen molar-refractivity contribution in [2.24, 2.45) is 0 Å². The van der Waals surface area contributed by atoms with Crippen LogP contribution >= 0.6 is 11.6 Å². The molecule has 0 aliphatic carbocycles. The summed E-state index contributed by atoms with van der Waals surface area (Å²) in [7, 11) is 0. The monoisotopic (exact) mass is 556 g/mol. The van der Waals surface area contributed by atoms with Gasteiger partial charge in [-0.3, -0.25) is 9.20 Å². The van der Waals surface area contributed by atoms with E-state index < -0.39 is 6.36 Å². The summed E-state index contributed by atoms with van der Waals surface area (Å²) in [5, 5.41) is 3.58. The second-order valence-corrected chi connectivity index (χ2v) is 9.96. The molecule has 1 N–H and O–H groups in total. The number of amides is 1. The Kier molecular flexibility index (Phi) is 7.70. The zero-order chi connectivity index (χ0) is 27.6. The van der Waals surface area contributed by atoms with Crippen LogP contribution in [0.25, 0.3) is 5.65 Å². The van der Waals surface area contributed by atoms with E-state index in [0.717, 1.165) is 54.7 Å². The average molecular weight is 557 g/mol. The van der Waals surface area contributed by atoms with E-state index in [1.807, 2.05) is 24.3 Å². The van der Waals surface area contributed by atoms with Gasteiger partial charge in [-0.2, -0.15) is 0 Å². The number of rotatable bonds is 7. The van der Waals surface area contributed by atoms with Gasteiger partial charge in [-0.15, -0.1) is 13.2 Å². The lowest BCUT2D eigenvalue weighted by Gasteiger charge is -2.34. The van der Waals surface area contributed by atoms with Gasteiger partial charge < -0.3 is 15.0 Å². The van der Waals surface area contributed by atoms with E-state index in [2.05, 4.69) is 32.9 Å². The first-order chi connectivity index (χ1) is 18.7. The molecule has 1 saturated heterocycles. The van der Waals surface area contributed by atoms with Crippen LogP contribution in [0, 0.1) is 0 Å². The first-order valence-corrected chi connectivity index (χ1v) is 13.2. The zero-order valence-electron chi connectivity index (χ0n) is 21.3. The maximum absolute atomic E-state index is 12.9. The predicted molar refractivity (Wildman–Crippen MR) is 145 cm³/mol. The second kappa shape index (κ2) is 11.2. The van der Waals surface area contributed by atoms with Gasteiger partial charge in [0.1, 0.15) is 17.1 Å². The smallest absolute Gasteiger partial charge is 0.406 e. The number of hydrogen-bond donors (Lipinski definition) is 1. The number of carbonyl (C=O) groups excluding carboxylic acids is 1. The van der Waals surface area contributed by atoms with Crippen LogP contribution in [0.4, 0.5) is 18.9 Å². The summed E-state index contributed by atoms with van der Waals surface area (Å²) in [6, 6.07) is 15.8. The van der Waals surface area contributed by atoms with Crippen LogP contribution in [-0.2, 0) is 13.0 Å². The van der Waals surface area contributed by atoms with Crippen molar-refractivity contribution < 1.29 is 22.7 Å². The van der Waals surface area contributed by atoms with E-state index >= 15 is 0 Å². The number of fused-ring (bicyclic) bond motifs is 1. The van der Waals surface area contributed by atoms with Crippen molar-refractivity contribution in [1.82, 2.24) is 14.7 Å². The van der Waals surface area contributed by atoms with Crippen molar-refractivity contribution in [2.45, 2.75) is 45.0 Å². The lowest BCUT2D eigenvalue weighted by atomic mass is 9.89. The van der Waals surface area contributed by atoms with Gasteiger partial charge in [0.05, 0.1) is 6.20 Å². The molecule has 6 nitrogen and oxygen atoms in total. The summed E-state index contributed by atoms with van der Waals surface area (Å²) in [6.07, 6.45) is 1.17. The molecule has 204 valence electrons. The van der Waals surface area contributed by atoms with Crippen molar-refractivity contribution in [3.63, 3.8) is 0 Å². The Morgan fingerprint density at radius 1 is 1.13 bits per heavy atom. The lowest BCUT2D eigenvalue weighted by Crippen LogP contribution is -2.33. The summed E-state index contributed by atoms with van der Waals surface area (Å²) >= 11 is 6.73. The molecule has 0 saturated carbocycles. The number of piperidine rings is 1. The molecular weight excluding hydrogens is 529 g/mol. The van der Waals surface area contributed by atoms with Gasteiger partial charge in [0, 0.05) is 36.5 Å². The van der Waals surface area contributed by atoms with E-state index in [9.17, 15) is 18.0 Å². The molecular formula is C29H28ClF3N4O2. The molecule has 0 atom stereocenters. The third kappa shape index (κ3) is 6.14. The number of nitrogens with one attached hydrogen (secondary N) is 1. The van der Waals surface area contributed by atoms with Crippen LogP contribution in [0.15, 0.2) is 67.0 Å². The number of aryl methyl sites for hydroxylation is 1. The molecule has 0 unspecified atom stereocenters. The molecule has 3 heterocycles. The molecule has 39 heavy (non-hydrogen) atoms. The molecule has 2 aromatic carbocycles. The van der Waals surface area contributed by atoms with Gasteiger partial charge >= 0.3 is 6.36 Å². The molecule has 1 amide bonds. The zero-order valence-corrected chi connectivity index (χ0v) is 22.1. The quantitative estimate of drug-likeness (QED) is 0.273. The topological polar surface area (TPSA) is 58.9 Å². The van der Waals surface area contributed by atoms with Crippen LogP contribution < -0.4 is 15.0 Å². The molecule has 0 bridgehead atoms. The highest BCUT2D eigenvalue weighted by molar-refractivity contribution is 6.31. The van der Waals surface area contributed by atoms with E-state index in [-0.39, 0.29) is 17.6 Å². The maximum atomic E-state index is 12.9. The highest BCUT2D eigenvalue weighted by Gasteiger charge is 2.31. The summed E-state index contributed by atoms with van der Waals surface area (Å²) in [5.74, 6) is -0.173. The standard InChI is InChI=1S/C29H28ClF3N4O2/c1-2-19-15-22(36-13-10-21(11-14-36)20-6-8-23(9-7-20)39-29(31,32)33)16-25(30)24(19)17-35-28(38)26-18-34-27-5-3-4-12-37(26)27/h3-9,12,15-16,18,21H,2,10-11,13-14,17H2,1H3,(H,35,38). The Hall–Kier alpha value is -3.72. The highest BCUT2D eigenvalue weighted by Crippen LogP contribution is 2.35. The Morgan fingerprint density at radius 2 is 1.87 bits per heavy atom. The van der Waals surface area contributed by atoms with Crippen LogP contribution in [0.5, 0.6) is 5.75 Å². The summed E-state index contributed by atoms with van der Waals surface area (Å²) in [5.41, 5.74) is 5.16. The average Bonchev–Trinajstić information content (AvgIpc) is 3.36. The number of imidazole rings is 1. The highest BCUT2D eigenvalue weighted by atomic mass is 35.5. The van der Waals surface area contributed by atoms with Crippen molar-refractivity contribution in [3.8, 4) is 5.75 Å². The Morgan fingerprint density at radius 3 is 2.56 bits per heavy atom. The fraction of sp³-hybridized carbons (Fsp3) is 0.310. The Balaban J connectivity index is 1.22. The fourth-order valence-electron chi connectivity index (χ4n) is 5.15. The summed E-state index contributed by atoms with van der Waals surface area (Å²) in [4.78, 5) is 19.4. The number of pyridine rings is 1. The van der Waals surface area contributed by atoms with Crippen molar-refractivity contribution in [1.29, 1.82) is 0 Å². The van der Waals surface area contributed by atoms with Gasteiger partial charge in [-0.05, 0) is 78.3 Å². The first kappa shape index (κ1) is 26.9. The van der Waals surface area contributed by atoms with E-state index in [0.29, 0.717) is 22.9 Å². The molecule has 0 radical (unpaired) electrons. The van der Waals surface area contributed by atoms with Crippen molar-refractivity contribution in [2.75, 3.05) is 18.0 Å². The number of carbonyl (C=O) groups is 1. The molecule has 2 aromatic heterocycles. The van der Waals surface area contributed by atoms with Crippen LogP contribution in [0.1, 0.15) is 52.9 Å². The van der Waals surface area contributed by atoms with E-state index in [1.165, 1.54) is 12.1 Å². The number of benzene rings is 2. The SMILES string of the molecule is CCc1cc(N2CCC(c3ccc(OC(F)(F)F)cc3)CC2)cc(Cl)c1CNC(=O)c1cnc2ccccn12. The fourth-order valence-corrected chi connectivity index (χ4v) is 5.45. The summed E-state index contributed by atoms with van der Waals surface area (Å²) < 4.78 is 43.0. The van der Waals surface area contributed by atoms with Crippen LogP contribution in [-0.4, -0.2) is 34.7 Å². The number of alkyl halides is 3. The number of anilines is 1. The van der Waals surface area contributed by atoms with Crippen LogP contribution in [0.2, 0.25) is 5.02 Å². The lowest BCUT2D eigenvalue weighted by molar-refractivity contribution is -0.274. The molecule has 1 fully saturated rings. The minimum atomic E-state index is -4.69. The molecule has 10 heteroatoms. The van der Waals surface area contributed by atoms with E-state index in [4.69, 9.17) is 11.6 Å². The maximum Gasteiger partial charge on any atom is 0.573 e. The largest absolute Gasteiger partial charge is 0.573 e. The first-order valence-electron chi connectivity index (χ1n) is 12.8. The minimum Gasteiger partial charge on any atom is -0.406 e. The van der Waals surface area contributed by atoms with Crippen LogP contribution in [0.3, 0.4) is 0 Å². The number of halogens is 4. The van der Waals surface area contributed by atoms with Crippen molar-refractivity contribution >= 4 is 28.8 Å². The number of aromatic nitrogens is 2. The van der Waals surface area contributed by atoms with Gasteiger partial charge in [0.25, 0.3) is 5.91 Å². The van der Waals surface area contributed by atoms with Gasteiger partial charge in [-0.25, -0.2) is 4.98 Å². The molecule has 1 aliphatic heterocycles. The van der Waals surface area contributed by atoms with Gasteiger partial charge in [-0.1, -0.05) is 36.7 Å². The van der Waals surface area contributed by atoms with Crippen molar-refractivity contribution in [3.05, 3.63) is 94.4 Å². The van der Waals surface area contributed by atoms with Gasteiger partial charge in [0.15, 0.2) is 0 Å². The third-order valence-electron chi connectivity index (χ3n) is 7.17.